The van der Waals surface area contributed by atoms with Crippen LogP contribution in [-0.4, -0.2) is 30.2 Å². The quantitative estimate of drug-likeness (QED) is 0.415. The van der Waals surface area contributed by atoms with Crippen LogP contribution in [0.15, 0.2) is 73.1 Å². The number of hydrogen-bond donors (Lipinski definition) is 3. The Labute approximate surface area is 167 Å². The number of nitrogens with zero attached hydrogens (tertiary/aromatic N) is 1. The summed E-state index contributed by atoms with van der Waals surface area (Å²) in [6.07, 6.45) is 9.74. The topological polar surface area (TPSA) is 77.9 Å². The lowest BCUT2D eigenvalue weighted by Gasteiger charge is -2.19. The Bertz CT molecular complexity index is 797. The predicted molar refractivity (Wildman–Crippen MR) is 115 cm³/mol. The van der Waals surface area contributed by atoms with Crippen LogP contribution in [0.2, 0.25) is 0 Å². The maximum atomic E-state index is 12.8. The highest BCUT2D eigenvalue weighted by molar-refractivity contribution is 5.83. The molecule has 1 unspecified atom stereocenters. The maximum absolute atomic E-state index is 12.8. The van der Waals surface area contributed by atoms with Crippen LogP contribution in [0.25, 0.3) is 0 Å². The van der Waals surface area contributed by atoms with E-state index in [0.29, 0.717) is 19.5 Å². The zero-order valence-corrected chi connectivity index (χ0v) is 16.3. The molecule has 0 spiro atoms. The molecule has 0 aliphatic heterocycles. The van der Waals surface area contributed by atoms with Crippen molar-refractivity contribution in [3.05, 3.63) is 89.8 Å². The Kier molecular flexibility index (Phi) is 8.82. The van der Waals surface area contributed by atoms with Gasteiger partial charge in [-0.3, -0.25) is 9.78 Å². The summed E-state index contributed by atoms with van der Waals surface area (Å²) in [6, 6.07) is 11.4. The van der Waals surface area contributed by atoms with Crippen LogP contribution in [0.3, 0.4) is 0 Å². The molecule has 0 aliphatic rings. The molecule has 5 heteroatoms. The number of aromatic nitrogens is 1. The van der Waals surface area contributed by atoms with Gasteiger partial charge in [-0.1, -0.05) is 54.6 Å². The number of carbonyl (C=O) groups excluding carboxylic acids is 1. The van der Waals surface area contributed by atoms with Crippen LogP contribution in [0.1, 0.15) is 29.2 Å². The molecule has 1 atom stereocenters. The van der Waals surface area contributed by atoms with Gasteiger partial charge in [0.2, 0.25) is 5.91 Å². The standard InChI is InChI=1S/C23H28N4O/c1-3-5-19(16-24)11-14-26-22(21-9-7-18(2)8-10-21)23(28)27-15-12-20-6-4-13-25-17-20/h3-10,13,16-17,22,24,26H,1,11-12,14-15H2,2H3,(H,27,28). The smallest absolute Gasteiger partial charge is 0.241 e. The second kappa shape index (κ2) is 11.6. The number of allylic oxidation sites excluding steroid dienone is 2. The first-order valence-corrected chi connectivity index (χ1v) is 9.42. The number of benzene rings is 1. The molecular formula is C23H28N4O. The average Bonchev–Trinajstić information content (AvgIpc) is 2.72. The van der Waals surface area contributed by atoms with Crippen molar-refractivity contribution in [3.63, 3.8) is 0 Å². The van der Waals surface area contributed by atoms with Gasteiger partial charge in [0.1, 0.15) is 6.04 Å². The normalized spacial score (nSPS) is 12.2. The molecule has 1 aromatic carbocycles. The van der Waals surface area contributed by atoms with E-state index >= 15 is 0 Å². The lowest BCUT2D eigenvalue weighted by Crippen LogP contribution is -2.39. The first kappa shape index (κ1) is 21.3. The van der Waals surface area contributed by atoms with Gasteiger partial charge >= 0.3 is 0 Å². The van der Waals surface area contributed by atoms with Crippen molar-refractivity contribution in [1.82, 2.24) is 15.6 Å². The molecule has 5 nitrogen and oxygen atoms in total. The fraction of sp³-hybridized carbons (Fsp3) is 0.261. The number of rotatable bonds is 11. The fourth-order valence-corrected chi connectivity index (χ4v) is 2.81. The van der Waals surface area contributed by atoms with Gasteiger partial charge in [0.25, 0.3) is 0 Å². The monoisotopic (exact) mass is 376 g/mol. The van der Waals surface area contributed by atoms with Crippen molar-refractivity contribution in [1.29, 1.82) is 5.41 Å². The molecule has 0 bridgehead atoms. The molecular weight excluding hydrogens is 348 g/mol. The number of carbonyl (C=O) groups is 1. The summed E-state index contributed by atoms with van der Waals surface area (Å²) in [7, 11) is 0. The average molecular weight is 377 g/mol. The van der Waals surface area contributed by atoms with E-state index in [4.69, 9.17) is 5.41 Å². The number of hydrogen-bond acceptors (Lipinski definition) is 4. The van der Waals surface area contributed by atoms with E-state index in [1.54, 1.807) is 12.3 Å². The van der Waals surface area contributed by atoms with E-state index in [1.165, 1.54) is 6.21 Å². The van der Waals surface area contributed by atoms with Gasteiger partial charge in [0.05, 0.1) is 0 Å². The highest BCUT2D eigenvalue weighted by Crippen LogP contribution is 2.15. The number of amides is 1. The fourth-order valence-electron chi connectivity index (χ4n) is 2.81. The van der Waals surface area contributed by atoms with Gasteiger partial charge in [-0.2, -0.15) is 0 Å². The Hall–Kier alpha value is -3.05. The highest BCUT2D eigenvalue weighted by Gasteiger charge is 2.19. The zero-order chi connectivity index (χ0) is 20.2. The summed E-state index contributed by atoms with van der Waals surface area (Å²) >= 11 is 0. The van der Waals surface area contributed by atoms with Crippen molar-refractivity contribution >= 4 is 12.1 Å². The molecule has 2 rings (SSSR count). The highest BCUT2D eigenvalue weighted by atomic mass is 16.2. The van der Waals surface area contributed by atoms with Crippen LogP contribution < -0.4 is 10.6 Å². The lowest BCUT2D eigenvalue weighted by molar-refractivity contribution is -0.123. The van der Waals surface area contributed by atoms with E-state index in [0.717, 1.165) is 28.7 Å². The molecule has 1 amide bonds. The SMILES string of the molecule is C=CC=C(C=N)CCNC(C(=O)NCCc1cccnc1)c1ccc(C)cc1. The Morgan fingerprint density at radius 2 is 2.04 bits per heavy atom. The van der Waals surface area contributed by atoms with Gasteiger partial charge in [-0.05, 0) is 42.5 Å². The van der Waals surface area contributed by atoms with E-state index in [-0.39, 0.29) is 5.91 Å². The number of pyridine rings is 1. The third-order valence-electron chi connectivity index (χ3n) is 4.39. The Morgan fingerprint density at radius 1 is 1.25 bits per heavy atom. The van der Waals surface area contributed by atoms with E-state index in [9.17, 15) is 4.79 Å². The first-order valence-electron chi connectivity index (χ1n) is 9.42. The van der Waals surface area contributed by atoms with Crippen molar-refractivity contribution in [2.24, 2.45) is 0 Å². The molecule has 0 radical (unpaired) electrons. The second-order valence-corrected chi connectivity index (χ2v) is 6.57. The third kappa shape index (κ3) is 6.93. The third-order valence-corrected chi connectivity index (χ3v) is 4.39. The van der Waals surface area contributed by atoms with Crippen LogP contribution in [-0.2, 0) is 11.2 Å². The molecule has 3 N–H and O–H groups in total. The molecule has 0 fully saturated rings. The molecule has 0 aliphatic carbocycles. The van der Waals surface area contributed by atoms with E-state index in [2.05, 4.69) is 22.2 Å². The summed E-state index contributed by atoms with van der Waals surface area (Å²) in [6.45, 7) is 6.83. The lowest BCUT2D eigenvalue weighted by atomic mass is 10.0. The molecule has 0 saturated heterocycles. The maximum Gasteiger partial charge on any atom is 0.241 e. The second-order valence-electron chi connectivity index (χ2n) is 6.57. The van der Waals surface area contributed by atoms with Crippen molar-refractivity contribution < 1.29 is 4.79 Å². The van der Waals surface area contributed by atoms with E-state index in [1.807, 2.05) is 55.6 Å². The van der Waals surface area contributed by atoms with Gasteiger partial charge in [-0.25, -0.2) is 0 Å². The molecule has 1 heterocycles. The van der Waals surface area contributed by atoms with Crippen LogP contribution in [0.5, 0.6) is 0 Å². The first-order chi connectivity index (χ1) is 13.6. The molecule has 2 aromatic rings. The van der Waals surface area contributed by atoms with Gasteiger partial charge < -0.3 is 16.0 Å². The van der Waals surface area contributed by atoms with Crippen LogP contribution in [0, 0.1) is 12.3 Å². The predicted octanol–water partition coefficient (Wildman–Crippen LogP) is 3.53. The zero-order valence-electron chi connectivity index (χ0n) is 16.3. The minimum absolute atomic E-state index is 0.0585. The number of aryl methyl sites for hydroxylation is 1. The van der Waals surface area contributed by atoms with Gasteiger partial charge in [-0.15, -0.1) is 0 Å². The minimum atomic E-state index is -0.440. The minimum Gasteiger partial charge on any atom is -0.354 e. The number of nitrogens with one attached hydrogen (secondary N) is 3. The Morgan fingerprint density at radius 3 is 2.68 bits per heavy atom. The molecule has 1 aromatic heterocycles. The van der Waals surface area contributed by atoms with E-state index < -0.39 is 6.04 Å². The molecule has 146 valence electrons. The molecule has 28 heavy (non-hydrogen) atoms. The van der Waals surface area contributed by atoms with Crippen molar-refractivity contribution in [3.8, 4) is 0 Å². The Balaban J connectivity index is 1.99. The summed E-state index contributed by atoms with van der Waals surface area (Å²) in [5.74, 6) is -0.0585. The summed E-state index contributed by atoms with van der Waals surface area (Å²) < 4.78 is 0. The summed E-state index contributed by atoms with van der Waals surface area (Å²) in [5.41, 5.74) is 4.03. The van der Waals surface area contributed by atoms with Gasteiger partial charge in [0, 0.05) is 31.7 Å². The summed E-state index contributed by atoms with van der Waals surface area (Å²) in [5, 5.41) is 13.8. The van der Waals surface area contributed by atoms with Gasteiger partial charge in [0.15, 0.2) is 0 Å². The van der Waals surface area contributed by atoms with Crippen molar-refractivity contribution in [2.75, 3.05) is 13.1 Å². The van der Waals surface area contributed by atoms with Crippen LogP contribution >= 0.6 is 0 Å². The van der Waals surface area contributed by atoms with Crippen LogP contribution in [0.4, 0.5) is 0 Å². The molecule has 0 saturated carbocycles. The summed E-state index contributed by atoms with van der Waals surface area (Å²) in [4.78, 5) is 16.9. The largest absolute Gasteiger partial charge is 0.354 e. The van der Waals surface area contributed by atoms with Crippen molar-refractivity contribution in [2.45, 2.75) is 25.8 Å².